The van der Waals surface area contributed by atoms with Crippen molar-refractivity contribution >= 4 is 38.0 Å². The Hall–Kier alpha value is -5.89. The number of hydrogen-bond acceptors (Lipinski definition) is 3. The Bertz CT molecular complexity index is 2240. The third-order valence-corrected chi connectivity index (χ3v) is 7.48. The van der Waals surface area contributed by atoms with Crippen molar-refractivity contribution in [3.63, 3.8) is 0 Å². The summed E-state index contributed by atoms with van der Waals surface area (Å²) in [6.45, 7) is 0. The molecule has 0 bridgehead atoms. The van der Waals surface area contributed by atoms with Crippen LogP contribution in [0.4, 0.5) is 0 Å². The zero-order chi connectivity index (χ0) is 26.5. The second-order valence-electron chi connectivity index (χ2n) is 9.47. The number of benzene rings is 5. The van der Waals surface area contributed by atoms with Crippen molar-refractivity contribution < 1.29 is 0 Å². The van der Waals surface area contributed by atoms with Gasteiger partial charge in [-0.2, -0.15) is 15.8 Å². The van der Waals surface area contributed by atoms with Gasteiger partial charge in [0.15, 0.2) is 0 Å². The lowest BCUT2D eigenvalue weighted by molar-refractivity contribution is 1.28. The summed E-state index contributed by atoms with van der Waals surface area (Å²) in [5.74, 6) is 0. The van der Waals surface area contributed by atoms with Gasteiger partial charge in [0.2, 0.25) is 0 Å². The topological polar surface area (TPSA) is 75.8 Å². The van der Waals surface area contributed by atoms with Crippen molar-refractivity contribution in [1.29, 1.82) is 15.8 Å². The van der Waals surface area contributed by atoms with Crippen LogP contribution >= 0.6 is 0 Å². The molecule has 0 aliphatic heterocycles. The molecule has 178 valence electrons. The van der Waals surface area contributed by atoms with E-state index in [9.17, 15) is 15.8 Å². The second-order valence-corrected chi connectivity index (χ2v) is 9.47. The molecule has 0 atom stereocenters. The van der Waals surface area contributed by atoms with E-state index in [1.807, 2.05) is 54.6 Å². The summed E-state index contributed by atoms with van der Waals surface area (Å²) in [5.41, 5.74) is 6.33. The van der Waals surface area contributed by atoms with Gasteiger partial charge in [-0.3, -0.25) is 0 Å². The first-order valence-electron chi connectivity index (χ1n) is 12.6. The van der Waals surface area contributed by atoms with Crippen LogP contribution < -0.4 is 0 Å². The summed E-state index contributed by atoms with van der Waals surface area (Å²) in [5, 5.41) is 35.1. The highest BCUT2D eigenvalue weighted by molar-refractivity contribution is 6.26. The Morgan fingerprint density at radius 2 is 1.21 bits per heavy atom. The molecule has 39 heavy (non-hydrogen) atoms. The van der Waals surface area contributed by atoms with Crippen molar-refractivity contribution in [3.8, 4) is 40.6 Å². The van der Waals surface area contributed by atoms with Crippen LogP contribution in [-0.2, 0) is 0 Å². The summed E-state index contributed by atoms with van der Waals surface area (Å²) < 4.78 is 2.17. The van der Waals surface area contributed by atoms with E-state index in [1.54, 1.807) is 6.07 Å². The van der Waals surface area contributed by atoms with Gasteiger partial charge in [0.25, 0.3) is 0 Å². The number of pyridine rings is 1. The van der Waals surface area contributed by atoms with Crippen LogP contribution in [0.5, 0.6) is 0 Å². The molecule has 7 rings (SSSR count). The zero-order valence-electron chi connectivity index (χ0n) is 20.7. The fourth-order valence-electron chi connectivity index (χ4n) is 5.84. The lowest BCUT2D eigenvalue weighted by Crippen LogP contribution is -2.00. The molecule has 0 saturated heterocycles. The Morgan fingerprint density at radius 1 is 0.538 bits per heavy atom. The first-order valence-corrected chi connectivity index (χ1v) is 12.6. The van der Waals surface area contributed by atoms with E-state index in [1.165, 1.54) is 0 Å². The summed E-state index contributed by atoms with van der Waals surface area (Å²) in [7, 11) is 0. The molecule has 0 radical (unpaired) electrons. The zero-order valence-corrected chi connectivity index (χ0v) is 20.7. The molecule has 0 spiro atoms. The quantitative estimate of drug-likeness (QED) is 0.227. The fourth-order valence-corrected chi connectivity index (χ4v) is 5.84. The average molecular weight is 495 g/mol. The highest BCUT2D eigenvalue weighted by Gasteiger charge is 2.24. The molecule has 0 aliphatic rings. The van der Waals surface area contributed by atoms with Crippen molar-refractivity contribution in [3.05, 3.63) is 126 Å². The third kappa shape index (κ3) is 3.15. The van der Waals surface area contributed by atoms with E-state index >= 15 is 0 Å². The van der Waals surface area contributed by atoms with Crippen molar-refractivity contribution in [2.45, 2.75) is 0 Å². The molecule has 0 N–H and O–H groups in total. The second kappa shape index (κ2) is 8.60. The normalized spacial score (nSPS) is 11.0. The molecular weight excluding hydrogens is 476 g/mol. The minimum atomic E-state index is 0.109. The van der Waals surface area contributed by atoms with Crippen molar-refractivity contribution in [1.82, 2.24) is 4.40 Å². The Balaban J connectivity index is 1.88. The first kappa shape index (κ1) is 22.3. The molecule has 5 aromatic carbocycles. The third-order valence-electron chi connectivity index (χ3n) is 7.48. The van der Waals surface area contributed by atoms with Gasteiger partial charge in [0, 0.05) is 16.3 Å². The average Bonchev–Trinajstić information content (AvgIpc) is 3.41. The molecule has 0 amide bonds. The van der Waals surface area contributed by atoms with E-state index in [-0.39, 0.29) is 16.7 Å². The lowest BCUT2D eigenvalue weighted by atomic mass is 9.91. The van der Waals surface area contributed by atoms with Gasteiger partial charge in [0.1, 0.15) is 18.2 Å². The summed E-state index contributed by atoms with van der Waals surface area (Å²) in [6.07, 6.45) is 0. The van der Waals surface area contributed by atoms with Crippen molar-refractivity contribution in [2.24, 2.45) is 0 Å². The Kier molecular flexibility index (Phi) is 4.92. The van der Waals surface area contributed by atoms with E-state index < -0.39 is 0 Å². The molecule has 0 unspecified atom stereocenters. The molecule has 0 aliphatic carbocycles. The van der Waals surface area contributed by atoms with Gasteiger partial charge in [-0.15, -0.1) is 0 Å². The number of nitriles is 3. The van der Waals surface area contributed by atoms with Crippen LogP contribution in [0.3, 0.4) is 0 Å². The number of nitrogens with zero attached hydrogens (tertiary/aromatic N) is 4. The largest absolute Gasteiger partial charge is 0.308 e. The van der Waals surface area contributed by atoms with Crippen LogP contribution in [0.15, 0.2) is 109 Å². The maximum atomic E-state index is 10.4. The molecule has 7 aromatic rings. The van der Waals surface area contributed by atoms with Gasteiger partial charge in [-0.1, -0.05) is 97.1 Å². The Labute approximate surface area is 224 Å². The predicted molar refractivity (Wildman–Crippen MR) is 155 cm³/mol. The summed E-state index contributed by atoms with van der Waals surface area (Å²) in [6, 6.07) is 43.3. The van der Waals surface area contributed by atoms with Crippen molar-refractivity contribution in [2.75, 3.05) is 0 Å². The highest BCUT2D eigenvalue weighted by Crippen LogP contribution is 2.44. The van der Waals surface area contributed by atoms with Crippen LogP contribution in [0.2, 0.25) is 0 Å². The van der Waals surface area contributed by atoms with Crippen LogP contribution in [0, 0.1) is 34.0 Å². The van der Waals surface area contributed by atoms with Gasteiger partial charge in [0.05, 0.1) is 33.4 Å². The van der Waals surface area contributed by atoms with Gasteiger partial charge in [-0.25, -0.2) is 0 Å². The maximum absolute atomic E-state index is 10.4. The van der Waals surface area contributed by atoms with Gasteiger partial charge < -0.3 is 4.40 Å². The highest BCUT2D eigenvalue weighted by atomic mass is 14.9. The molecule has 2 aromatic heterocycles. The number of fused-ring (bicyclic) bond motifs is 8. The maximum Gasteiger partial charge on any atom is 0.102 e. The van der Waals surface area contributed by atoms with E-state index in [0.29, 0.717) is 5.39 Å². The predicted octanol–water partition coefficient (Wildman–Crippen LogP) is 8.35. The monoisotopic (exact) mass is 494 g/mol. The van der Waals surface area contributed by atoms with Crippen LogP contribution in [0.25, 0.3) is 60.3 Å². The lowest BCUT2D eigenvalue weighted by Gasteiger charge is -2.17. The summed E-state index contributed by atoms with van der Waals surface area (Å²) in [4.78, 5) is 0. The standard InChI is InChI=1S/C35H18N4/c36-19-25-17-32-33(30(21-38)29(25)20-37)27-16-15-23-11-7-8-14-26(23)34(27)35-28(22-9-3-1-4-10-22)18-31(39(32)35)24-12-5-2-6-13-24/h1-18H. The molecule has 4 nitrogen and oxygen atoms in total. The first-order chi connectivity index (χ1) is 19.2. The summed E-state index contributed by atoms with van der Waals surface area (Å²) >= 11 is 0. The number of aromatic nitrogens is 1. The minimum Gasteiger partial charge on any atom is -0.308 e. The molecule has 0 saturated carbocycles. The minimum absolute atomic E-state index is 0.109. The molecule has 2 heterocycles. The van der Waals surface area contributed by atoms with E-state index in [4.69, 9.17) is 0 Å². The SMILES string of the molecule is N#Cc1cc2c(c(C#N)c1C#N)c1ccc3ccccc3c1c1c(-c3ccccc3)cc(-c3ccccc3)n21. The number of hydrogen-bond donors (Lipinski definition) is 0. The van der Waals surface area contributed by atoms with Gasteiger partial charge >= 0.3 is 0 Å². The molecular formula is C35H18N4. The fraction of sp³-hybridized carbons (Fsp3) is 0. The van der Waals surface area contributed by atoms with Crippen LogP contribution in [-0.4, -0.2) is 4.40 Å². The van der Waals surface area contributed by atoms with Gasteiger partial charge in [-0.05, 0) is 39.4 Å². The van der Waals surface area contributed by atoms with Crippen LogP contribution in [0.1, 0.15) is 16.7 Å². The molecule has 0 fully saturated rings. The number of rotatable bonds is 2. The Morgan fingerprint density at radius 3 is 1.90 bits per heavy atom. The smallest absolute Gasteiger partial charge is 0.102 e. The van der Waals surface area contributed by atoms with E-state index in [0.717, 1.165) is 55.0 Å². The van der Waals surface area contributed by atoms with E-state index in [2.05, 4.69) is 71.1 Å². The molecule has 4 heteroatoms.